The number of morpholine rings is 1. The van der Waals surface area contributed by atoms with E-state index in [1.807, 2.05) is 11.8 Å². The zero-order valence-electron chi connectivity index (χ0n) is 9.21. The third kappa shape index (κ3) is 3.07. The highest BCUT2D eigenvalue weighted by molar-refractivity contribution is 7.99. The third-order valence-electron chi connectivity index (χ3n) is 3.12. The number of nitrogens with two attached hydrogens (primary N) is 1. The van der Waals surface area contributed by atoms with Gasteiger partial charge in [0.2, 0.25) is 0 Å². The molecular formula is C10H21N3OS. The largest absolute Gasteiger partial charge is 0.379 e. The van der Waals surface area contributed by atoms with Crippen molar-refractivity contribution in [1.29, 1.82) is 0 Å². The Morgan fingerprint density at radius 3 is 2.80 bits per heavy atom. The molecule has 0 radical (unpaired) electrons. The second-order valence-electron chi connectivity index (χ2n) is 4.35. The predicted molar refractivity (Wildman–Crippen MR) is 63.9 cm³/mol. The summed E-state index contributed by atoms with van der Waals surface area (Å²) in [5.41, 5.74) is 9.69. The number of nitrogens with one attached hydrogen (secondary N) is 1. The summed E-state index contributed by atoms with van der Waals surface area (Å²) in [6.07, 6.45) is 2.48. The first-order chi connectivity index (χ1) is 7.35. The van der Waals surface area contributed by atoms with E-state index in [2.05, 4.69) is 10.4 Å². The first-order valence-electron chi connectivity index (χ1n) is 5.73. The van der Waals surface area contributed by atoms with Crippen LogP contribution in [-0.2, 0) is 4.74 Å². The van der Waals surface area contributed by atoms with Crippen molar-refractivity contribution < 1.29 is 4.74 Å². The Labute approximate surface area is 95.9 Å². The van der Waals surface area contributed by atoms with Gasteiger partial charge in [-0.25, -0.2) is 10.4 Å². The molecule has 2 saturated heterocycles. The predicted octanol–water partition coefficient (Wildman–Crippen LogP) is 0.0477. The van der Waals surface area contributed by atoms with E-state index >= 15 is 0 Å². The van der Waals surface area contributed by atoms with E-state index in [9.17, 15) is 0 Å². The Balaban J connectivity index is 1.87. The van der Waals surface area contributed by atoms with Crippen molar-refractivity contribution in [2.75, 3.05) is 44.4 Å². The normalized spacial score (nSPS) is 34.2. The Kier molecular flexibility index (Phi) is 4.28. The van der Waals surface area contributed by atoms with Crippen LogP contribution >= 0.6 is 11.8 Å². The standard InChI is InChI=1S/C10H21N3OS/c11-8-10(2-1-7-15-9-10)12-13-3-5-14-6-4-13/h12H,1-9,11H2. The van der Waals surface area contributed by atoms with Gasteiger partial charge in [-0.05, 0) is 18.6 Å². The van der Waals surface area contributed by atoms with E-state index in [1.54, 1.807) is 0 Å². The monoisotopic (exact) mass is 231 g/mol. The van der Waals surface area contributed by atoms with Crippen LogP contribution in [0.5, 0.6) is 0 Å². The van der Waals surface area contributed by atoms with Crippen LogP contribution in [0.15, 0.2) is 0 Å². The summed E-state index contributed by atoms with van der Waals surface area (Å²) in [5, 5.41) is 2.28. The summed E-state index contributed by atoms with van der Waals surface area (Å²) < 4.78 is 5.34. The van der Waals surface area contributed by atoms with Gasteiger partial charge in [-0.2, -0.15) is 11.8 Å². The van der Waals surface area contributed by atoms with Crippen molar-refractivity contribution in [1.82, 2.24) is 10.4 Å². The highest BCUT2D eigenvalue weighted by Gasteiger charge is 2.32. The van der Waals surface area contributed by atoms with Crippen LogP contribution in [0.25, 0.3) is 0 Å². The summed E-state index contributed by atoms with van der Waals surface area (Å²) in [6.45, 7) is 4.36. The fraction of sp³-hybridized carbons (Fsp3) is 1.00. The summed E-state index contributed by atoms with van der Waals surface area (Å²) >= 11 is 2.01. The number of ether oxygens (including phenoxy) is 1. The maximum atomic E-state index is 5.92. The minimum absolute atomic E-state index is 0.139. The molecule has 0 aromatic carbocycles. The van der Waals surface area contributed by atoms with E-state index < -0.39 is 0 Å². The maximum Gasteiger partial charge on any atom is 0.0608 e. The minimum atomic E-state index is 0.139. The number of hydrogen-bond donors (Lipinski definition) is 2. The molecule has 15 heavy (non-hydrogen) atoms. The van der Waals surface area contributed by atoms with Gasteiger partial charge in [0, 0.05) is 25.4 Å². The lowest BCUT2D eigenvalue weighted by Gasteiger charge is -2.42. The zero-order valence-corrected chi connectivity index (χ0v) is 10.0. The maximum absolute atomic E-state index is 5.92. The topological polar surface area (TPSA) is 50.5 Å². The highest BCUT2D eigenvalue weighted by Crippen LogP contribution is 2.26. The van der Waals surface area contributed by atoms with Crippen molar-refractivity contribution in [3.05, 3.63) is 0 Å². The fourth-order valence-corrected chi connectivity index (χ4v) is 3.37. The van der Waals surface area contributed by atoms with Gasteiger partial charge in [0.15, 0.2) is 0 Å². The van der Waals surface area contributed by atoms with Gasteiger partial charge in [0.05, 0.1) is 18.8 Å². The van der Waals surface area contributed by atoms with Gasteiger partial charge in [0.25, 0.3) is 0 Å². The molecule has 2 aliphatic rings. The van der Waals surface area contributed by atoms with Gasteiger partial charge in [-0.1, -0.05) is 0 Å². The molecule has 2 aliphatic heterocycles. The SMILES string of the molecule is NCC1(NN2CCOCC2)CCCSC1. The van der Waals surface area contributed by atoms with Crippen molar-refractivity contribution >= 4 is 11.8 Å². The van der Waals surface area contributed by atoms with E-state index in [4.69, 9.17) is 10.5 Å². The minimum Gasteiger partial charge on any atom is -0.379 e. The molecule has 0 amide bonds. The molecular weight excluding hydrogens is 210 g/mol. The lowest BCUT2D eigenvalue weighted by Crippen LogP contribution is -2.62. The molecule has 2 heterocycles. The van der Waals surface area contributed by atoms with E-state index in [-0.39, 0.29) is 5.54 Å². The lowest BCUT2D eigenvalue weighted by atomic mass is 9.96. The molecule has 0 saturated carbocycles. The first-order valence-corrected chi connectivity index (χ1v) is 6.88. The molecule has 1 atom stereocenters. The fourth-order valence-electron chi connectivity index (χ4n) is 2.16. The van der Waals surface area contributed by atoms with Gasteiger partial charge in [-0.15, -0.1) is 0 Å². The number of hydrogen-bond acceptors (Lipinski definition) is 5. The van der Waals surface area contributed by atoms with Gasteiger partial charge in [-0.3, -0.25) is 0 Å². The molecule has 3 N–H and O–H groups in total. The number of nitrogens with zero attached hydrogens (tertiary/aromatic N) is 1. The van der Waals surface area contributed by atoms with Crippen LogP contribution in [-0.4, -0.2) is 54.9 Å². The molecule has 0 bridgehead atoms. The van der Waals surface area contributed by atoms with E-state index in [0.717, 1.165) is 38.6 Å². The van der Waals surface area contributed by atoms with Gasteiger partial charge >= 0.3 is 0 Å². The molecule has 2 rings (SSSR count). The van der Waals surface area contributed by atoms with Crippen LogP contribution in [0.4, 0.5) is 0 Å². The Bertz CT molecular complexity index is 191. The molecule has 88 valence electrons. The highest BCUT2D eigenvalue weighted by atomic mass is 32.2. The quantitative estimate of drug-likeness (QED) is 0.719. The zero-order chi connectivity index (χ0) is 10.6. The number of rotatable bonds is 3. The van der Waals surface area contributed by atoms with Crippen molar-refractivity contribution in [2.24, 2.45) is 5.73 Å². The van der Waals surface area contributed by atoms with Crippen LogP contribution in [0.2, 0.25) is 0 Å². The Hall–Kier alpha value is 0.190. The molecule has 2 fully saturated rings. The van der Waals surface area contributed by atoms with Gasteiger partial charge < -0.3 is 10.5 Å². The van der Waals surface area contributed by atoms with Crippen molar-refractivity contribution in [3.63, 3.8) is 0 Å². The average Bonchev–Trinajstić information content (AvgIpc) is 2.32. The molecule has 0 aromatic heterocycles. The molecule has 0 aromatic rings. The van der Waals surface area contributed by atoms with Crippen molar-refractivity contribution in [3.8, 4) is 0 Å². The Morgan fingerprint density at radius 1 is 1.40 bits per heavy atom. The average molecular weight is 231 g/mol. The summed E-state index contributed by atoms with van der Waals surface area (Å²) in [5.74, 6) is 2.42. The third-order valence-corrected chi connectivity index (χ3v) is 4.45. The van der Waals surface area contributed by atoms with E-state index in [1.165, 1.54) is 18.6 Å². The van der Waals surface area contributed by atoms with Crippen LogP contribution in [0, 0.1) is 0 Å². The summed E-state index contributed by atoms with van der Waals surface area (Å²) in [4.78, 5) is 0. The van der Waals surface area contributed by atoms with Crippen molar-refractivity contribution in [2.45, 2.75) is 18.4 Å². The Morgan fingerprint density at radius 2 is 2.20 bits per heavy atom. The van der Waals surface area contributed by atoms with E-state index in [0.29, 0.717) is 0 Å². The lowest BCUT2D eigenvalue weighted by molar-refractivity contribution is -0.00983. The summed E-state index contributed by atoms with van der Waals surface area (Å²) in [6, 6.07) is 0. The van der Waals surface area contributed by atoms with Gasteiger partial charge in [0.1, 0.15) is 0 Å². The first kappa shape index (κ1) is 11.7. The number of thioether (sulfide) groups is 1. The molecule has 4 nitrogen and oxygen atoms in total. The second kappa shape index (κ2) is 5.50. The number of hydrazine groups is 1. The second-order valence-corrected chi connectivity index (χ2v) is 5.46. The molecule has 5 heteroatoms. The van der Waals surface area contributed by atoms with Crippen LogP contribution in [0.3, 0.4) is 0 Å². The smallest absolute Gasteiger partial charge is 0.0608 e. The molecule has 0 spiro atoms. The van der Waals surface area contributed by atoms with Crippen LogP contribution < -0.4 is 11.2 Å². The summed E-state index contributed by atoms with van der Waals surface area (Å²) in [7, 11) is 0. The molecule has 0 aliphatic carbocycles. The molecule has 1 unspecified atom stereocenters. The van der Waals surface area contributed by atoms with Crippen LogP contribution in [0.1, 0.15) is 12.8 Å².